The van der Waals surface area contributed by atoms with E-state index in [0.717, 1.165) is 31.4 Å². The molecular formula is C19H20F3N3O3S. The number of anilines is 1. The number of nitrogens with one attached hydrogen (secondary N) is 1. The van der Waals surface area contributed by atoms with Crippen molar-refractivity contribution in [2.45, 2.75) is 43.7 Å². The number of thioether (sulfide) groups is 1. The molecule has 0 bridgehead atoms. The quantitative estimate of drug-likeness (QED) is 0.252. The molecule has 0 fully saturated rings. The highest BCUT2D eigenvalue weighted by atomic mass is 32.2. The SMILES string of the molecule is CCCCCc1nccc(SC)c1C(=O)Nc1ccc([N+](=O)[O-])c(C(F)(F)F)c1. The minimum Gasteiger partial charge on any atom is -0.322 e. The Kier molecular flexibility index (Phi) is 7.60. The summed E-state index contributed by atoms with van der Waals surface area (Å²) in [7, 11) is 0. The Morgan fingerprint density at radius 2 is 2.00 bits per heavy atom. The number of pyridine rings is 1. The molecule has 0 atom stereocenters. The molecule has 1 aromatic heterocycles. The van der Waals surface area contributed by atoms with Crippen LogP contribution in [0.3, 0.4) is 0 Å². The Labute approximate surface area is 170 Å². The monoisotopic (exact) mass is 427 g/mol. The second-order valence-corrected chi connectivity index (χ2v) is 7.08. The largest absolute Gasteiger partial charge is 0.423 e. The van der Waals surface area contributed by atoms with Crippen LogP contribution in [0.2, 0.25) is 0 Å². The van der Waals surface area contributed by atoms with Gasteiger partial charge in [0.2, 0.25) is 0 Å². The molecule has 0 radical (unpaired) electrons. The predicted molar refractivity (Wildman–Crippen MR) is 105 cm³/mol. The van der Waals surface area contributed by atoms with Crippen molar-refractivity contribution in [3.05, 3.63) is 57.4 Å². The molecule has 0 aliphatic heterocycles. The maximum Gasteiger partial charge on any atom is 0.423 e. The van der Waals surface area contributed by atoms with Gasteiger partial charge in [0.25, 0.3) is 11.6 Å². The first-order chi connectivity index (χ1) is 13.7. The van der Waals surface area contributed by atoms with Crippen LogP contribution in [-0.2, 0) is 12.6 Å². The van der Waals surface area contributed by atoms with E-state index in [-0.39, 0.29) is 5.69 Å². The molecule has 1 amide bonds. The summed E-state index contributed by atoms with van der Waals surface area (Å²) in [5, 5.41) is 13.3. The number of halogens is 3. The summed E-state index contributed by atoms with van der Waals surface area (Å²) in [4.78, 5) is 27.6. The minimum absolute atomic E-state index is 0.177. The van der Waals surface area contributed by atoms with Gasteiger partial charge in [-0.05, 0) is 37.3 Å². The third kappa shape index (κ3) is 5.69. The van der Waals surface area contributed by atoms with Crippen LogP contribution < -0.4 is 5.32 Å². The van der Waals surface area contributed by atoms with Crippen molar-refractivity contribution in [2.75, 3.05) is 11.6 Å². The summed E-state index contributed by atoms with van der Waals surface area (Å²) >= 11 is 1.33. The number of rotatable bonds is 8. The molecule has 29 heavy (non-hydrogen) atoms. The van der Waals surface area contributed by atoms with E-state index in [2.05, 4.69) is 10.3 Å². The van der Waals surface area contributed by atoms with Crippen LogP contribution in [0.4, 0.5) is 24.5 Å². The Hall–Kier alpha value is -2.62. The predicted octanol–water partition coefficient (Wildman–Crippen LogP) is 5.72. The number of nitro benzene ring substituents is 1. The molecule has 1 N–H and O–H groups in total. The smallest absolute Gasteiger partial charge is 0.322 e. The molecule has 156 valence electrons. The van der Waals surface area contributed by atoms with E-state index < -0.39 is 28.3 Å². The summed E-state index contributed by atoms with van der Waals surface area (Å²) < 4.78 is 39.5. The van der Waals surface area contributed by atoms with Crippen LogP contribution >= 0.6 is 11.8 Å². The van der Waals surface area contributed by atoms with E-state index in [0.29, 0.717) is 28.6 Å². The fourth-order valence-corrected chi connectivity index (χ4v) is 3.44. The number of alkyl halides is 3. The first kappa shape index (κ1) is 22.7. The van der Waals surface area contributed by atoms with Gasteiger partial charge in [-0.3, -0.25) is 19.9 Å². The fourth-order valence-electron chi connectivity index (χ4n) is 2.82. The van der Waals surface area contributed by atoms with Crippen molar-refractivity contribution >= 4 is 29.0 Å². The van der Waals surface area contributed by atoms with Crippen molar-refractivity contribution in [3.8, 4) is 0 Å². The lowest BCUT2D eigenvalue weighted by molar-refractivity contribution is -0.388. The first-order valence-electron chi connectivity index (χ1n) is 8.87. The summed E-state index contributed by atoms with van der Waals surface area (Å²) in [6, 6.07) is 4.05. The van der Waals surface area contributed by atoms with Crippen molar-refractivity contribution < 1.29 is 22.9 Å². The Bertz CT molecular complexity index is 904. The van der Waals surface area contributed by atoms with Gasteiger partial charge in [0.05, 0.1) is 16.2 Å². The van der Waals surface area contributed by atoms with E-state index in [9.17, 15) is 28.1 Å². The molecule has 0 saturated heterocycles. The number of carbonyl (C=O) groups excluding carboxylic acids is 1. The zero-order chi connectivity index (χ0) is 21.6. The molecule has 0 aliphatic carbocycles. The van der Waals surface area contributed by atoms with Crippen molar-refractivity contribution in [3.63, 3.8) is 0 Å². The molecule has 1 heterocycles. The zero-order valence-corrected chi connectivity index (χ0v) is 16.7. The Morgan fingerprint density at radius 3 is 2.59 bits per heavy atom. The van der Waals surface area contributed by atoms with Crippen LogP contribution in [0, 0.1) is 10.1 Å². The summed E-state index contributed by atoms with van der Waals surface area (Å²) in [5.74, 6) is -0.601. The lowest BCUT2D eigenvalue weighted by Gasteiger charge is -2.14. The van der Waals surface area contributed by atoms with Gasteiger partial charge in [0.1, 0.15) is 5.56 Å². The molecule has 2 rings (SSSR count). The average molecular weight is 427 g/mol. The van der Waals surface area contributed by atoms with E-state index in [1.165, 1.54) is 11.8 Å². The van der Waals surface area contributed by atoms with E-state index in [1.807, 2.05) is 6.92 Å². The third-order valence-electron chi connectivity index (χ3n) is 4.21. The number of hydrogen-bond acceptors (Lipinski definition) is 5. The standard InChI is InChI=1S/C19H20F3N3O3S/c1-3-4-5-6-14-17(16(29-2)9-10-23-14)18(26)24-12-7-8-15(25(27)28)13(11-12)19(20,21)22/h7-11H,3-6H2,1-2H3,(H,24,26). The number of nitro groups is 1. The van der Waals surface area contributed by atoms with Gasteiger partial charge in [-0.15, -0.1) is 11.8 Å². The van der Waals surface area contributed by atoms with Crippen LogP contribution in [0.5, 0.6) is 0 Å². The van der Waals surface area contributed by atoms with Crippen LogP contribution in [-0.4, -0.2) is 22.1 Å². The first-order valence-corrected chi connectivity index (χ1v) is 10.1. The van der Waals surface area contributed by atoms with Gasteiger partial charge in [0, 0.05) is 22.8 Å². The summed E-state index contributed by atoms with van der Waals surface area (Å²) in [6.07, 6.45) is 1.81. The Balaban J connectivity index is 2.38. The number of aryl methyl sites for hydroxylation is 1. The van der Waals surface area contributed by atoms with Gasteiger partial charge < -0.3 is 5.32 Å². The number of unbranched alkanes of at least 4 members (excludes halogenated alkanes) is 2. The zero-order valence-electron chi connectivity index (χ0n) is 15.9. The van der Waals surface area contributed by atoms with Gasteiger partial charge in [-0.2, -0.15) is 13.2 Å². The van der Waals surface area contributed by atoms with Crippen LogP contribution in [0.25, 0.3) is 0 Å². The lowest BCUT2D eigenvalue weighted by atomic mass is 10.1. The number of aromatic nitrogens is 1. The van der Waals surface area contributed by atoms with Crippen molar-refractivity contribution in [1.29, 1.82) is 0 Å². The summed E-state index contributed by atoms with van der Waals surface area (Å²) in [5.41, 5.74) is -1.78. The van der Waals surface area contributed by atoms with Gasteiger partial charge in [-0.1, -0.05) is 19.8 Å². The van der Waals surface area contributed by atoms with Crippen molar-refractivity contribution in [2.24, 2.45) is 0 Å². The van der Waals surface area contributed by atoms with Crippen molar-refractivity contribution in [1.82, 2.24) is 4.98 Å². The number of hydrogen-bond donors (Lipinski definition) is 1. The van der Waals surface area contributed by atoms with E-state index in [4.69, 9.17) is 0 Å². The highest BCUT2D eigenvalue weighted by Gasteiger charge is 2.38. The molecule has 0 unspecified atom stereocenters. The normalized spacial score (nSPS) is 11.3. The molecule has 0 aliphatic rings. The lowest BCUT2D eigenvalue weighted by Crippen LogP contribution is -2.17. The fraction of sp³-hybridized carbons (Fsp3) is 0.368. The van der Waals surface area contributed by atoms with Crippen LogP contribution in [0.1, 0.15) is 47.8 Å². The number of amides is 1. The molecule has 10 heteroatoms. The topological polar surface area (TPSA) is 85.1 Å². The number of carbonyl (C=O) groups is 1. The van der Waals surface area contributed by atoms with E-state index >= 15 is 0 Å². The van der Waals surface area contributed by atoms with Gasteiger partial charge in [0.15, 0.2) is 0 Å². The second-order valence-electron chi connectivity index (χ2n) is 6.23. The molecule has 2 aromatic rings. The molecule has 6 nitrogen and oxygen atoms in total. The molecule has 1 aromatic carbocycles. The Morgan fingerprint density at radius 1 is 1.28 bits per heavy atom. The number of nitrogens with zero attached hydrogens (tertiary/aromatic N) is 2. The maximum absolute atomic E-state index is 13.2. The summed E-state index contributed by atoms with van der Waals surface area (Å²) in [6.45, 7) is 2.05. The number of benzene rings is 1. The highest BCUT2D eigenvalue weighted by Crippen LogP contribution is 2.37. The maximum atomic E-state index is 13.2. The van der Waals surface area contributed by atoms with Crippen LogP contribution in [0.15, 0.2) is 35.4 Å². The minimum atomic E-state index is -4.92. The second kappa shape index (κ2) is 9.73. The van der Waals surface area contributed by atoms with Gasteiger partial charge >= 0.3 is 6.18 Å². The van der Waals surface area contributed by atoms with Gasteiger partial charge in [-0.25, -0.2) is 0 Å². The third-order valence-corrected chi connectivity index (χ3v) is 4.99. The molecule has 0 spiro atoms. The van der Waals surface area contributed by atoms with E-state index in [1.54, 1.807) is 18.5 Å². The highest BCUT2D eigenvalue weighted by molar-refractivity contribution is 7.98. The molecule has 0 saturated carbocycles. The average Bonchev–Trinajstić information content (AvgIpc) is 2.66. The molecular weight excluding hydrogens is 407 g/mol.